The summed E-state index contributed by atoms with van der Waals surface area (Å²) in [5, 5.41) is 0. The molecular formula is C16H14F3N3O3. The van der Waals surface area contributed by atoms with E-state index in [0.717, 1.165) is 12.1 Å². The highest BCUT2D eigenvalue weighted by atomic mass is 19.3. The second-order valence-electron chi connectivity index (χ2n) is 5.35. The molecule has 1 aromatic heterocycles. The topological polar surface area (TPSA) is 64.6 Å². The Balaban J connectivity index is 1.90. The van der Waals surface area contributed by atoms with Gasteiger partial charge in [-0.15, -0.1) is 0 Å². The van der Waals surface area contributed by atoms with Gasteiger partial charge in [0.15, 0.2) is 11.6 Å². The number of alkyl halides is 2. The number of carbonyl (C=O) groups excluding carboxylic acids is 1. The van der Waals surface area contributed by atoms with Crippen molar-refractivity contribution in [3.8, 4) is 17.0 Å². The van der Waals surface area contributed by atoms with Crippen LogP contribution in [0, 0.1) is 12.7 Å². The first-order valence-corrected chi connectivity index (χ1v) is 7.43. The lowest BCUT2D eigenvalue weighted by molar-refractivity contribution is -0.0521. The van der Waals surface area contributed by atoms with Crippen molar-refractivity contribution in [2.75, 3.05) is 13.2 Å². The van der Waals surface area contributed by atoms with Crippen molar-refractivity contribution >= 4 is 6.09 Å². The number of aromatic nitrogens is 2. The molecule has 2 aromatic rings. The van der Waals surface area contributed by atoms with E-state index in [9.17, 15) is 18.0 Å². The molecule has 9 heteroatoms. The molecule has 0 N–H and O–H groups in total. The smallest absolute Gasteiger partial charge is 0.410 e. The summed E-state index contributed by atoms with van der Waals surface area (Å²) in [6, 6.07) is 3.54. The Morgan fingerprint density at radius 2 is 2.20 bits per heavy atom. The minimum Gasteiger partial charge on any atom is -0.448 e. The number of aryl methyl sites for hydroxylation is 1. The van der Waals surface area contributed by atoms with Gasteiger partial charge in [-0.1, -0.05) is 0 Å². The van der Waals surface area contributed by atoms with E-state index >= 15 is 0 Å². The molecular weight excluding hydrogens is 339 g/mol. The fraction of sp³-hybridized carbons (Fsp3) is 0.312. The quantitative estimate of drug-likeness (QED) is 0.826. The molecule has 3 rings (SSSR count). The van der Waals surface area contributed by atoms with Gasteiger partial charge in [0.25, 0.3) is 0 Å². The normalized spacial score (nSPS) is 14.1. The lowest BCUT2D eigenvalue weighted by Gasteiger charge is -2.14. The van der Waals surface area contributed by atoms with Gasteiger partial charge in [-0.25, -0.2) is 14.2 Å². The molecule has 25 heavy (non-hydrogen) atoms. The Labute approximate surface area is 141 Å². The van der Waals surface area contributed by atoms with Gasteiger partial charge in [-0.05, 0) is 25.1 Å². The molecule has 0 aliphatic carbocycles. The molecule has 1 amide bonds. The zero-order valence-corrected chi connectivity index (χ0v) is 13.2. The summed E-state index contributed by atoms with van der Waals surface area (Å²) >= 11 is 0. The molecule has 1 saturated heterocycles. The number of nitrogens with zero attached hydrogens (tertiary/aromatic N) is 3. The van der Waals surface area contributed by atoms with Crippen LogP contribution in [0.1, 0.15) is 11.4 Å². The predicted molar refractivity (Wildman–Crippen MR) is 80.6 cm³/mol. The number of cyclic esters (lactones) is 1. The highest BCUT2D eigenvalue weighted by Gasteiger charge is 2.23. The van der Waals surface area contributed by atoms with Crippen LogP contribution in [0.2, 0.25) is 0 Å². The van der Waals surface area contributed by atoms with Crippen molar-refractivity contribution in [3.63, 3.8) is 0 Å². The number of hydrogen-bond donors (Lipinski definition) is 0. The van der Waals surface area contributed by atoms with Crippen LogP contribution in [0.3, 0.4) is 0 Å². The van der Waals surface area contributed by atoms with Crippen LogP contribution in [-0.2, 0) is 11.3 Å². The summed E-state index contributed by atoms with van der Waals surface area (Å²) in [5.41, 5.74) is 1.88. The molecule has 0 spiro atoms. The number of rotatable bonds is 5. The number of ether oxygens (including phenoxy) is 2. The lowest BCUT2D eigenvalue weighted by atomic mass is 10.1. The SMILES string of the molecule is Cc1ncc(-c2ccc(F)c(OC(F)F)c2)nc1CN1CCOC1=O. The first-order chi connectivity index (χ1) is 11.9. The van der Waals surface area contributed by atoms with Crippen LogP contribution in [0.4, 0.5) is 18.0 Å². The number of amides is 1. The van der Waals surface area contributed by atoms with Gasteiger partial charge in [-0.2, -0.15) is 8.78 Å². The monoisotopic (exact) mass is 353 g/mol. The Morgan fingerprint density at radius 3 is 2.88 bits per heavy atom. The molecule has 0 bridgehead atoms. The Bertz CT molecular complexity index is 801. The van der Waals surface area contributed by atoms with E-state index in [1.54, 1.807) is 6.92 Å². The lowest BCUT2D eigenvalue weighted by Crippen LogP contribution is -2.24. The van der Waals surface area contributed by atoms with E-state index in [4.69, 9.17) is 4.74 Å². The second kappa shape index (κ2) is 6.96. The summed E-state index contributed by atoms with van der Waals surface area (Å²) < 4.78 is 47.3. The van der Waals surface area contributed by atoms with Crippen molar-refractivity contribution in [1.82, 2.24) is 14.9 Å². The van der Waals surface area contributed by atoms with Gasteiger partial charge >= 0.3 is 12.7 Å². The maximum absolute atomic E-state index is 13.6. The van der Waals surface area contributed by atoms with Crippen LogP contribution in [0.5, 0.6) is 5.75 Å². The molecule has 6 nitrogen and oxygen atoms in total. The molecule has 0 unspecified atom stereocenters. The minimum atomic E-state index is -3.13. The molecule has 0 radical (unpaired) electrons. The number of carbonyl (C=O) groups is 1. The van der Waals surface area contributed by atoms with Crippen LogP contribution >= 0.6 is 0 Å². The first-order valence-electron chi connectivity index (χ1n) is 7.43. The zero-order chi connectivity index (χ0) is 18.0. The number of hydrogen-bond acceptors (Lipinski definition) is 5. The Morgan fingerprint density at radius 1 is 1.40 bits per heavy atom. The molecule has 2 heterocycles. The first kappa shape index (κ1) is 17.0. The highest BCUT2D eigenvalue weighted by Crippen LogP contribution is 2.27. The van der Waals surface area contributed by atoms with E-state index < -0.39 is 24.3 Å². The van der Waals surface area contributed by atoms with E-state index in [1.165, 1.54) is 17.2 Å². The van der Waals surface area contributed by atoms with E-state index in [2.05, 4.69) is 14.7 Å². The fourth-order valence-corrected chi connectivity index (χ4v) is 2.38. The van der Waals surface area contributed by atoms with Crippen molar-refractivity contribution in [2.24, 2.45) is 0 Å². The summed E-state index contributed by atoms with van der Waals surface area (Å²) in [5.74, 6) is -1.47. The van der Waals surface area contributed by atoms with Crippen molar-refractivity contribution in [2.45, 2.75) is 20.1 Å². The predicted octanol–water partition coefficient (Wildman–Crippen LogP) is 3.14. The van der Waals surface area contributed by atoms with Crippen molar-refractivity contribution < 1.29 is 27.4 Å². The second-order valence-corrected chi connectivity index (χ2v) is 5.35. The minimum absolute atomic E-state index is 0.215. The Hall–Kier alpha value is -2.84. The largest absolute Gasteiger partial charge is 0.448 e. The molecule has 0 saturated carbocycles. The summed E-state index contributed by atoms with van der Waals surface area (Å²) in [6.07, 6.45) is 1.02. The molecule has 1 aliphatic heterocycles. The van der Waals surface area contributed by atoms with Crippen LogP contribution in [0.25, 0.3) is 11.3 Å². The van der Waals surface area contributed by atoms with Gasteiger partial charge < -0.3 is 9.47 Å². The van der Waals surface area contributed by atoms with E-state index in [0.29, 0.717) is 35.8 Å². The fourth-order valence-electron chi connectivity index (χ4n) is 2.38. The third-order valence-electron chi connectivity index (χ3n) is 3.68. The zero-order valence-electron chi connectivity index (χ0n) is 13.2. The molecule has 1 fully saturated rings. The summed E-state index contributed by atoms with van der Waals surface area (Å²) in [4.78, 5) is 21.7. The third kappa shape index (κ3) is 3.81. The van der Waals surface area contributed by atoms with Crippen molar-refractivity contribution in [1.29, 1.82) is 0 Å². The summed E-state index contributed by atoms with van der Waals surface area (Å²) in [6.45, 7) is -0.410. The third-order valence-corrected chi connectivity index (χ3v) is 3.68. The average molecular weight is 353 g/mol. The molecule has 132 valence electrons. The van der Waals surface area contributed by atoms with Gasteiger partial charge in [0.1, 0.15) is 6.61 Å². The maximum Gasteiger partial charge on any atom is 0.410 e. The van der Waals surface area contributed by atoms with Crippen LogP contribution in [-0.4, -0.2) is 40.7 Å². The van der Waals surface area contributed by atoms with Crippen LogP contribution < -0.4 is 4.74 Å². The average Bonchev–Trinajstić information content (AvgIpc) is 2.96. The van der Waals surface area contributed by atoms with Gasteiger partial charge in [0, 0.05) is 5.56 Å². The molecule has 1 aromatic carbocycles. The van der Waals surface area contributed by atoms with Crippen molar-refractivity contribution in [3.05, 3.63) is 41.6 Å². The Kier molecular flexibility index (Phi) is 4.73. The van der Waals surface area contributed by atoms with Gasteiger partial charge in [-0.3, -0.25) is 9.88 Å². The number of halogens is 3. The van der Waals surface area contributed by atoms with E-state index in [-0.39, 0.29) is 6.54 Å². The highest BCUT2D eigenvalue weighted by molar-refractivity contribution is 5.69. The number of benzene rings is 1. The van der Waals surface area contributed by atoms with Gasteiger partial charge in [0.2, 0.25) is 0 Å². The maximum atomic E-state index is 13.6. The van der Waals surface area contributed by atoms with Gasteiger partial charge in [0.05, 0.1) is 36.4 Å². The molecule has 1 aliphatic rings. The van der Waals surface area contributed by atoms with E-state index in [1.807, 2.05) is 0 Å². The van der Waals surface area contributed by atoms with Crippen LogP contribution in [0.15, 0.2) is 24.4 Å². The summed E-state index contributed by atoms with van der Waals surface area (Å²) in [7, 11) is 0. The standard InChI is InChI=1S/C16H14F3N3O3/c1-9-13(8-22-4-5-24-16(22)23)21-12(7-20-9)10-2-3-11(17)14(6-10)25-15(18)19/h2-3,6-7,15H,4-5,8H2,1H3. The molecule has 0 atom stereocenters.